The molecule has 2 aromatic carbocycles. The van der Waals surface area contributed by atoms with Crippen LogP contribution in [-0.4, -0.2) is 20.1 Å². The van der Waals surface area contributed by atoms with E-state index < -0.39 is 15.8 Å². The van der Waals surface area contributed by atoms with Crippen molar-refractivity contribution in [3.63, 3.8) is 0 Å². The highest BCUT2D eigenvalue weighted by Crippen LogP contribution is 2.38. The predicted molar refractivity (Wildman–Crippen MR) is 87.4 cm³/mol. The maximum absolute atomic E-state index is 12.9. The summed E-state index contributed by atoms with van der Waals surface area (Å²) in [6, 6.07) is 9.86. The van der Waals surface area contributed by atoms with Gasteiger partial charge in [0.1, 0.15) is 4.90 Å². The molecule has 1 N–H and O–H groups in total. The molecular formula is C15H13Cl2NO3S. The molecule has 0 unspecified atom stereocenters. The Morgan fingerprint density at radius 2 is 1.86 bits per heavy atom. The topological polar surface area (TPSA) is 57.6 Å². The molecular weight excluding hydrogens is 345 g/mol. The Bertz CT molecular complexity index is 837. The lowest BCUT2D eigenvalue weighted by molar-refractivity contribution is 0.458. The molecule has 1 aliphatic rings. The van der Waals surface area contributed by atoms with Crippen molar-refractivity contribution in [2.75, 3.05) is 10.8 Å². The first-order valence-corrected chi connectivity index (χ1v) is 8.89. The maximum atomic E-state index is 12.9. The molecule has 0 spiro atoms. The smallest absolute Gasteiger partial charge is 0.268 e. The van der Waals surface area contributed by atoms with E-state index in [2.05, 4.69) is 0 Å². The number of hydrogen-bond donors (Lipinski definition) is 1. The largest absolute Gasteiger partial charge is 0.505 e. The van der Waals surface area contributed by atoms with Crippen molar-refractivity contribution in [2.45, 2.75) is 17.7 Å². The highest BCUT2D eigenvalue weighted by Gasteiger charge is 2.32. The van der Waals surface area contributed by atoms with Crippen LogP contribution in [0, 0.1) is 0 Å². The summed E-state index contributed by atoms with van der Waals surface area (Å²) >= 11 is 11.7. The predicted octanol–water partition coefficient (Wildman–Crippen LogP) is 3.84. The average Bonchev–Trinajstić information content (AvgIpc) is 2.50. The maximum Gasteiger partial charge on any atom is 0.268 e. The zero-order valence-corrected chi connectivity index (χ0v) is 13.8. The number of aromatic hydroxyl groups is 1. The van der Waals surface area contributed by atoms with E-state index in [1.165, 1.54) is 16.4 Å². The van der Waals surface area contributed by atoms with Crippen molar-refractivity contribution < 1.29 is 13.5 Å². The number of anilines is 1. The van der Waals surface area contributed by atoms with Gasteiger partial charge in [-0.2, -0.15) is 0 Å². The van der Waals surface area contributed by atoms with Crippen molar-refractivity contribution >= 4 is 38.9 Å². The van der Waals surface area contributed by atoms with Crippen LogP contribution in [-0.2, 0) is 16.4 Å². The summed E-state index contributed by atoms with van der Waals surface area (Å²) in [6.45, 7) is 0.350. The molecule has 4 nitrogen and oxygen atoms in total. The number of fused-ring (bicyclic) bond motifs is 1. The standard InChI is InChI=1S/C15H13Cl2NO3S/c16-11-8-12(17)15(19)14(9-11)22(20,21)18-7-3-5-10-4-1-2-6-13(10)18/h1-2,4,6,8-9,19H,3,5,7H2. The molecule has 22 heavy (non-hydrogen) atoms. The Hall–Kier alpha value is -1.43. The summed E-state index contributed by atoms with van der Waals surface area (Å²) in [5.41, 5.74) is 1.59. The highest BCUT2D eigenvalue weighted by molar-refractivity contribution is 7.93. The molecule has 0 bridgehead atoms. The van der Waals surface area contributed by atoms with E-state index >= 15 is 0 Å². The van der Waals surface area contributed by atoms with E-state index in [0.29, 0.717) is 18.7 Å². The van der Waals surface area contributed by atoms with Gasteiger partial charge in [0.25, 0.3) is 10.0 Å². The molecule has 0 radical (unpaired) electrons. The van der Waals surface area contributed by atoms with Crippen LogP contribution in [0.15, 0.2) is 41.3 Å². The van der Waals surface area contributed by atoms with Gasteiger partial charge in [-0.15, -0.1) is 0 Å². The molecule has 7 heteroatoms. The normalized spacial score (nSPS) is 14.7. The number of nitrogens with zero attached hydrogens (tertiary/aromatic N) is 1. The van der Waals surface area contributed by atoms with Crippen LogP contribution >= 0.6 is 23.2 Å². The minimum atomic E-state index is -3.94. The lowest BCUT2D eigenvalue weighted by Crippen LogP contribution is -2.35. The molecule has 0 aliphatic carbocycles. The number of para-hydroxylation sites is 1. The van der Waals surface area contributed by atoms with Gasteiger partial charge in [-0.3, -0.25) is 4.31 Å². The van der Waals surface area contributed by atoms with E-state index in [1.807, 2.05) is 12.1 Å². The van der Waals surface area contributed by atoms with Crippen LogP contribution in [0.1, 0.15) is 12.0 Å². The summed E-state index contributed by atoms with van der Waals surface area (Å²) < 4.78 is 27.1. The quantitative estimate of drug-likeness (QED) is 0.887. The summed E-state index contributed by atoms with van der Waals surface area (Å²) in [5.74, 6) is -0.478. The summed E-state index contributed by atoms with van der Waals surface area (Å²) in [7, 11) is -3.94. The van der Waals surface area contributed by atoms with Crippen LogP contribution in [0.25, 0.3) is 0 Å². The van der Waals surface area contributed by atoms with E-state index in [-0.39, 0.29) is 14.9 Å². The Morgan fingerprint density at radius 1 is 1.14 bits per heavy atom. The second kappa shape index (κ2) is 5.65. The number of benzene rings is 2. The number of hydrogen-bond acceptors (Lipinski definition) is 3. The number of aryl methyl sites for hydroxylation is 1. The summed E-state index contributed by atoms with van der Waals surface area (Å²) in [6.07, 6.45) is 1.54. The second-order valence-electron chi connectivity index (χ2n) is 5.04. The lowest BCUT2D eigenvalue weighted by atomic mass is 10.0. The number of phenols is 1. The number of phenolic OH excluding ortho intramolecular Hbond substituents is 1. The van der Waals surface area contributed by atoms with Crippen molar-refractivity contribution in [3.05, 3.63) is 52.0 Å². The van der Waals surface area contributed by atoms with Crippen molar-refractivity contribution in [1.29, 1.82) is 0 Å². The summed E-state index contributed by atoms with van der Waals surface area (Å²) in [4.78, 5) is -0.276. The molecule has 0 aromatic heterocycles. The first kappa shape index (κ1) is 15.5. The number of sulfonamides is 1. The van der Waals surface area contributed by atoms with Gasteiger partial charge >= 0.3 is 0 Å². The molecule has 2 aromatic rings. The molecule has 1 aliphatic heterocycles. The van der Waals surface area contributed by atoms with E-state index in [1.54, 1.807) is 12.1 Å². The fraction of sp³-hybridized carbons (Fsp3) is 0.200. The first-order chi connectivity index (χ1) is 10.4. The van der Waals surface area contributed by atoms with Gasteiger partial charge in [-0.05, 0) is 36.6 Å². The van der Waals surface area contributed by atoms with Gasteiger partial charge in [-0.25, -0.2) is 8.42 Å². The zero-order valence-electron chi connectivity index (χ0n) is 11.5. The third kappa shape index (κ3) is 2.53. The van der Waals surface area contributed by atoms with Gasteiger partial charge in [0.05, 0.1) is 10.7 Å². The van der Waals surface area contributed by atoms with Crippen LogP contribution in [0.5, 0.6) is 5.75 Å². The molecule has 0 fully saturated rings. The zero-order chi connectivity index (χ0) is 15.9. The lowest BCUT2D eigenvalue weighted by Gasteiger charge is -2.30. The minimum absolute atomic E-state index is 0.0867. The molecule has 1 heterocycles. The van der Waals surface area contributed by atoms with Gasteiger partial charge in [-0.1, -0.05) is 41.4 Å². The van der Waals surface area contributed by atoms with Gasteiger partial charge in [0.2, 0.25) is 0 Å². The Morgan fingerprint density at radius 3 is 2.64 bits per heavy atom. The Kier molecular flexibility index (Phi) is 3.97. The molecule has 0 saturated heterocycles. The number of halogens is 2. The van der Waals surface area contributed by atoms with Gasteiger partial charge in [0.15, 0.2) is 5.75 Å². The summed E-state index contributed by atoms with van der Waals surface area (Å²) in [5, 5.41) is 10.1. The fourth-order valence-electron chi connectivity index (χ4n) is 2.61. The third-order valence-corrected chi connectivity index (χ3v) is 5.96. The first-order valence-electron chi connectivity index (χ1n) is 6.70. The van der Waals surface area contributed by atoms with Crippen molar-refractivity contribution in [3.8, 4) is 5.75 Å². The fourth-order valence-corrected chi connectivity index (χ4v) is 4.89. The molecule has 0 amide bonds. The van der Waals surface area contributed by atoms with Crippen LogP contribution < -0.4 is 4.31 Å². The van der Waals surface area contributed by atoms with Crippen molar-refractivity contribution in [1.82, 2.24) is 0 Å². The second-order valence-corrected chi connectivity index (χ2v) is 7.72. The monoisotopic (exact) mass is 357 g/mol. The molecule has 0 saturated carbocycles. The minimum Gasteiger partial charge on any atom is -0.505 e. The van der Waals surface area contributed by atoms with Crippen LogP contribution in [0.4, 0.5) is 5.69 Å². The van der Waals surface area contributed by atoms with E-state index in [4.69, 9.17) is 23.2 Å². The highest BCUT2D eigenvalue weighted by atomic mass is 35.5. The third-order valence-electron chi connectivity index (χ3n) is 3.63. The molecule has 3 rings (SSSR count). The Labute approximate surface area is 138 Å². The molecule has 0 atom stereocenters. The number of rotatable bonds is 2. The van der Waals surface area contributed by atoms with Crippen molar-refractivity contribution in [2.24, 2.45) is 0 Å². The van der Waals surface area contributed by atoms with Crippen LogP contribution in [0.3, 0.4) is 0 Å². The van der Waals surface area contributed by atoms with Gasteiger partial charge in [0, 0.05) is 11.6 Å². The Balaban J connectivity index is 2.17. The average molecular weight is 358 g/mol. The van der Waals surface area contributed by atoms with Gasteiger partial charge < -0.3 is 5.11 Å². The van der Waals surface area contributed by atoms with E-state index in [0.717, 1.165) is 12.0 Å². The van der Waals surface area contributed by atoms with E-state index in [9.17, 15) is 13.5 Å². The molecule has 116 valence electrons. The van der Waals surface area contributed by atoms with Crippen LogP contribution in [0.2, 0.25) is 10.0 Å². The SMILES string of the molecule is O=S(=O)(c1cc(Cl)cc(Cl)c1O)N1CCCc2ccccc21.